The van der Waals surface area contributed by atoms with Crippen LogP contribution in [0.5, 0.6) is 0 Å². The molecule has 0 bridgehead atoms. The average molecular weight is 730 g/mol. The minimum Gasteiger partial charge on any atom is -0.456 e. The fraction of sp³-hybridized carbons (Fsp3) is 0.0189. The molecule has 1 aromatic heterocycles. The van der Waals surface area contributed by atoms with E-state index < -0.39 is 0 Å². The number of nitrogens with zero attached hydrogens (tertiary/aromatic N) is 2. The Hall–Kier alpha value is -7.56. The van der Waals surface area contributed by atoms with Crippen molar-refractivity contribution in [2.24, 2.45) is 9.98 Å². The van der Waals surface area contributed by atoms with Gasteiger partial charge in [-0.05, 0) is 84.8 Å². The zero-order chi connectivity index (χ0) is 37.7. The van der Waals surface area contributed by atoms with E-state index in [1.165, 1.54) is 32.8 Å². The molecule has 57 heavy (non-hydrogen) atoms. The largest absolute Gasteiger partial charge is 0.456 e. The molecule has 268 valence electrons. The summed E-state index contributed by atoms with van der Waals surface area (Å²) >= 11 is 0. The highest BCUT2D eigenvalue weighted by molar-refractivity contribution is 6.19. The quantitative estimate of drug-likeness (QED) is 0.185. The van der Waals surface area contributed by atoms with E-state index in [2.05, 4.69) is 199 Å². The van der Waals surface area contributed by atoms with E-state index in [4.69, 9.17) is 14.4 Å². The van der Waals surface area contributed by atoms with Crippen LogP contribution in [0.25, 0.3) is 76.9 Å². The zero-order valence-electron chi connectivity index (χ0n) is 30.9. The van der Waals surface area contributed by atoms with Gasteiger partial charge in [0.15, 0.2) is 5.84 Å². The summed E-state index contributed by atoms with van der Waals surface area (Å²) in [5.41, 5.74) is 11.6. The Kier molecular flexibility index (Phi) is 7.85. The lowest BCUT2D eigenvalue weighted by Crippen LogP contribution is -2.34. The summed E-state index contributed by atoms with van der Waals surface area (Å²) in [5.74, 6) is 1.45. The van der Waals surface area contributed by atoms with Crippen LogP contribution in [0.3, 0.4) is 0 Å². The van der Waals surface area contributed by atoms with E-state index in [9.17, 15) is 0 Å². The summed E-state index contributed by atoms with van der Waals surface area (Å²) in [5, 5.41) is 10.7. The standard InChI is InChI=1S/C53H35N3O/c1-2-12-34(13-3-1)40-30-31-48-47(33-40)50-45(22-11-23-49(50)57-48)44-19-8-9-20-46(44)53-55-51(54-52(56-53)41-29-24-35-14-4-5-16-39(35)32-41)38-27-25-37(26-28-38)43-21-10-17-36-15-6-7-18-42(36)43/h1-33,51H,(H,54,55,56). The highest BCUT2D eigenvalue weighted by atomic mass is 16.3. The Labute approximate surface area is 330 Å². The Bertz CT molecular complexity index is 3210. The normalized spacial score (nSPS) is 14.1. The second kappa shape index (κ2) is 13.6. The summed E-state index contributed by atoms with van der Waals surface area (Å²) in [6, 6.07) is 70.5. The molecule has 0 amide bonds. The second-order valence-electron chi connectivity index (χ2n) is 14.6. The van der Waals surface area contributed by atoms with Crippen LogP contribution in [0.2, 0.25) is 0 Å². The van der Waals surface area contributed by atoms with Crippen molar-refractivity contribution >= 4 is 55.2 Å². The van der Waals surface area contributed by atoms with Gasteiger partial charge >= 0.3 is 0 Å². The first-order chi connectivity index (χ1) is 28.2. The van der Waals surface area contributed by atoms with Crippen LogP contribution < -0.4 is 5.32 Å². The van der Waals surface area contributed by atoms with Gasteiger partial charge in [-0.2, -0.15) is 0 Å². The second-order valence-corrected chi connectivity index (χ2v) is 14.6. The Morgan fingerprint density at radius 2 is 1.07 bits per heavy atom. The van der Waals surface area contributed by atoms with Gasteiger partial charge in [0.1, 0.15) is 23.2 Å². The van der Waals surface area contributed by atoms with Gasteiger partial charge in [-0.1, -0.05) is 176 Å². The third-order valence-electron chi connectivity index (χ3n) is 11.2. The average Bonchev–Trinajstić information content (AvgIpc) is 3.67. The first-order valence-corrected chi connectivity index (χ1v) is 19.3. The molecule has 10 aromatic rings. The number of rotatable bonds is 6. The van der Waals surface area contributed by atoms with Crippen LogP contribution in [0.15, 0.2) is 215 Å². The van der Waals surface area contributed by atoms with Gasteiger partial charge in [-0.25, -0.2) is 9.98 Å². The fourth-order valence-electron chi connectivity index (χ4n) is 8.32. The van der Waals surface area contributed by atoms with E-state index in [-0.39, 0.29) is 6.17 Å². The molecular weight excluding hydrogens is 695 g/mol. The van der Waals surface area contributed by atoms with E-state index >= 15 is 0 Å². The molecule has 4 heteroatoms. The van der Waals surface area contributed by atoms with Gasteiger partial charge in [0.25, 0.3) is 0 Å². The molecule has 0 radical (unpaired) electrons. The van der Waals surface area contributed by atoms with Crippen molar-refractivity contribution in [2.75, 3.05) is 0 Å². The van der Waals surface area contributed by atoms with E-state index in [0.29, 0.717) is 5.84 Å². The monoisotopic (exact) mass is 729 g/mol. The Balaban J connectivity index is 1.04. The van der Waals surface area contributed by atoms with Gasteiger partial charge in [0.2, 0.25) is 0 Å². The van der Waals surface area contributed by atoms with Crippen molar-refractivity contribution < 1.29 is 4.42 Å². The molecule has 2 heterocycles. The SMILES string of the molecule is c1ccc(-c2ccc3oc4cccc(-c5ccccc5C5=NC(c6ccc7ccccc7c6)=NC(c6ccc(-c7cccc8ccccc78)cc6)N5)c4c3c2)cc1. The van der Waals surface area contributed by atoms with Gasteiger partial charge in [-0.3, -0.25) is 0 Å². The first kappa shape index (κ1) is 32.8. The summed E-state index contributed by atoms with van der Waals surface area (Å²) < 4.78 is 6.48. The molecule has 0 aliphatic carbocycles. The number of nitrogens with one attached hydrogen (secondary N) is 1. The smallest absolute Gasteiger partial charge is 0.159 e. The van der Waals surface area contributed by atoms with Crippen molar-refractivity contribution in [1.29, 1.82) is 0 Å². The van der Waals surface area contributed by atoms with E-state index in [0.717, 1.165) is 66.5 Å². The van der Waals surface area contributed by atoms with Crippen LogP contribution in [0, 0.1) is 0 Å². The number of hydrogen-bond acceptors (Lipinski definition) is 4. The molecule has 1 unspecified atom stereocenters. The first-order valence-electron chi connectivity index (χ1n) is 19.3. The van der Waals surface area contributed by atoms with Crippen LogP contribution >= 0.6 is 0 Å². The zero-order valence-corrected chi connectivity index (χ0v) is 30.9. The van der Waals surface area contributed by atoms with Crippen molar-refractivity contribution in [3.8, 4) is 33.4 Å². The number of aliphatic imine (C=N–C) groups is 2. The van der Waals surface area contributed by atoms with Gasteiger partial charge in [0.05, 0.1) is 0 Å². The maximum absolute atomic E-state index is 6.48. The fourth-order valence-corrected chi connectivity index (χ4v) is 8.32. The predicted molar refractivity (Wildman–Crippen MR) is 237 cm³/mol. The van der Waals surface area contributed by atoms with Crippen LogP contribution in [0.4, 0.5) is 0 Å². The summed E-state index contributed by atoms with van der Waals surface area (Å²) in [6.07, 6.45) is -0.368. The highest BCUT2D eigenvalue weighted by Crippen LogP contribution is 2.40. The molecule has 1 N–H and O–H groups in total. The molecule has 0 saturated heterocycles. The maximum atomic E-state index is 6.48. The summed E-state index contributed by atoms with van der Waals surface area (Å²) in [7, 11) is 0. The van der Waals surface area contributed by atoms with Crippen LogP contribution in [0.1, 0.15) is 22.9 Å². The number of furan rings is 1. The Morgan fingerprint density at radius 3 is 1.95 bits per heavy atom. The lowest BCUT2D eigenvalue weighted by molar-refractivity contribution is 0.669. The molecule has 1 atom stereocenters. The predicted octanol–water partition coefficient (Wildman–Crippen LogP) is 13.4. The van der Waals surface area contributed by atoms with Crippen LogP contribution in [-0.4, -0.2) is 11.7 Å². The third-order valence-corrected chi connectivity index (χ3v) is 11.2. The molecule has 0 fully saturated rings. The van der Waals surface area contributed by atoms with E-state index in [1.807, 2.05) is 6.07 Å². The van der Waals surface area contributed by atoms with Crippen molar-refractivity contribution in [2.45, 2.75) is 6.17 Å². The van der Waals surface area contributed by atoms with Gasteiger partial charge in [-0.15, -0.1) is 0 Å². The Morgan fingerprint density at radius 1 is 0.404 bits per heavy atom. The van der Waals surface area contributed by atoms with Gasteiger partial charge < -0.3 is 9.73 Å². The molecule has 11 rings (SSSR count). The summed E-state index contributed by atoms with van der Waals surface area (Å²) in [6.45, 7) is 0. The minimum absolute atomic E-state index is 0.368. The molecule has 4 nitrogen and oxygen atoms in total. The molecule has 0 saturated carbocycles. The molecule has 0 spiro atoms. The number of hydrogen-bond donors (Lipinski definition) is 1. The van der Waals surface area contributed by atoms with Crippen molar-refractivity contribution in [3.05, 3.63) is 217 Å². The molecule has 1 aliphatic heterocycles. The molecule has 9 aromatic carbocycles. The van der Waals surface area contributed by atoms with Crippen molar-refractivity contribution in [3.63, 3.8) is 0 Å². The number of benzene rings is 9. The summed E-state index contributed by atoms with van der Waals surface area (Å²) in [4.78, 5) is 10.6. The minimum atomic E-state index is -0.368. The van der Waals surface area contributed by atoms with Crippen molar-refractivity contribution in [1.82, 2.24) is 5.32 Å². The molecule has 1 aliphatic rings. The van der Waals surface area contributed by atoms with E-state index in [1.54, 1.807) is 0 Å². The topological polar surface area (TPSA) is 49.9 Å². The number of amidine groups is 2. The maximum Gasteiger partial charge on any atom is 0.159 e. The lowest BCUT2D eigenvalue weighted by atomic mass is 9.93. The highest BCUT2D eigenvalue weighted by Gasteiger charge is 2.24. The van der Waals surface area contributed by atoms with Crippen LogP contribution in [-0.2, 0) is 0 Å². The third kappa shape index (κ3) is 5.87. The lowest BCUT2D eigenvalue weighted by Gasteiger charge is -2.25. The van der Waals surface area contributed by atoms with Gasteiger partial charge in [0, 0.05) is 21.9 Å². The molecular formula is C53H35N3O. The number of fused-ring (bicyclic) bond motifs is 5.